The first-order valence-electron chi connectivity index (χ1n) is 8.61. The summed E-state index contributed by atoms with van der Waals surface area (Å²) >= 11 is 0. The van der Waals surface area contributed by atoms with Crippen LogP contribution in [-0.4, -0.2) is 18.8 Å². The molecule has 2 heteroatoms. The van der Waals surface area contributed by atoms with E-state index in [0.717, 1.165) is 0 Å². The van der Waals surface area contributed by atoms with Crippen molar-refractivity contribution in [1.29, 1.82) is 0 Å². The Kier molecular flexibility index (Phi) is 5.21. The molecule has 2 aromatic carbocycles. The molecule has 0 unspecified atom stereocenters. The smallest absolute Gasteiger partial charge is 0.149 e. The number of hydrogen-bond acceptors (Lipinski definition) is 1. The van der Waals surface area contributed by atoms with Crippen LogP contribution in [0.25, 0.3) is 0 Å². The Morgan fingerprint density at radius 2 is 1.21 bits per heavy atom. The summed E-state index contributed by atoms with van der Waals surface area (Å²) in [5.41, 5.74) is -0.760. The topological polar surface area (TPSA) is 20.2 Å². The minimum Gasteiger partial charge on any atom is -0.390 e. The van der Waals surface area contributed by atoms with Crippen LogP contribution < -0.4 is 10.4 Å². The van der Waals surface area contributed by atoms with E-state index < -0.39 is 13.7 Å². The van der Waals surface area contributed by atoms with Crippen molar-refractivity contribution in [2.45, 2.75) is 51.7 Å². The highest BCUT2D eigenvalue weighted by molar-refractivity contribution is 7.09. The zero-order chi connectivity index (χ0) is 18.0. The van der Waals surface area contributed by atoms with E-state index in [0.29, 0.717) is 6.42 Å². The lowest BCUT2D eigenvalue weighted by molar-refractivity contribution is 0.0825. The van der Waals surface area contributed by atoms with Gasteiger partial charge in [0.15, 0.2) is 0 Å². The van der Waals surface area contributed by atoms with Crippen LogP contribution in [0.15, 0.2) is 72.4 Å². The molecular weight excluding hydrogens is 308 g/mol. The third kappa shape index (κ3) is 3.55. The average Bonchev–Trinajstić information content (AvgIpc) is 2.47. The molecule has 0 aromatic heterocycles. The Hall–Kier alpha value is -1.64. The second-order valence-electron chi connectivity index (χ2n) is 8.32. The molecule has 2 aromatic rings. The van der Waals surface area contributed by atoms with Gasteiger partial charge in [-0.15, -0.1) is 6.58 Å². The molecule has 1 N–H and O–H groups in total. The van der Waals surface area contributed by atoms with Crippen molar-refractivity contribution < 1.29 is 5.11 Å². The highest BCUT2D eigenvalue weighted by Crippen LogP contribution is 2.42. The minimum absolute atomic E-state index is 0.0397. The van der Waals surface area contributed by atoms with Gasteiger partial charge in [0.05, 0.1) is 5.60 Å². The lowest BCUT2D eigenvalue weighted by Crippen LogP contribution is -2.66. The molecule has 2 rings (SSSR count). The lowest BCUT2D eigenvalue weighted by Gasteiger charge is -2.46. The highest BCUT2D eigenvalue weighted by atomic mass is 28.3. The van der Waals surface area contributed by atoms with Gasteiger partial charge in [0.2, 0.25) is 0 Å². The van der Waals surface area contributed by atoms with Gasteiger partial charge in [-0.2, -0.15) is 0 Å². The second kappa shape index (κ2) is 6.70. The van der Waals surface area contributed by atoms with Gasteiger partial charge in [0.25, 0.3) is 0 Å². The molecule has 0 aliphatic rings. The van der Waals surface area contributed by atoms with Crippen molar-refractivity contribution in [2.75, 3.05) is 0 Å². The molecule has 0 atom stereocenters. The van der Waals surface area contributed by atoms with Crippen LogP contribution >= 0.6 is 0 Å². The van der Waals surface area contributed by atoms with Gasteiger partial charge in [0, 0.05) is 0 Å². The number of benzene rings is 2. The Balaban J connectivity index is 2.78. The number of rotatable bonds is 5. The molecule has 1 nitrogen and oxygen atoms in total. The fourth-order valence-electron chi connectivity index (χ4n) is 4.00. The van der Waals surface area contributed by atoms with E-state index in [9.17, 15) is 5.11 Å². The lowest BCUT2D eigenvalue weighted by atomic mass is 10.1. The molecular formula is C22H30OSi. The third-order valence-corrected chi connectivity index (χ3v) is 10.6. The van der Waals surface area contributed by atoms with E-state index in [4.69, 9.17) is 0 Å². The van der Waals surface area contributed by atoms with Gasteiger partial charge in [-0.25, -0.2) is 0 Å². The quantitative estimate of drug-likeness (QED) is 0.806. The molecule has 0 saturated carbocycles. The maximum atomic E-state index is 10.5. The summed E-state index contributed by atoms with van der Waals surface area (Å²) < 4.78 is 0. The summed E-state index contributed by atoms with van der Waals surface area (Å²) in [6.45, 7) is 15.2. The van der Waals surface area contributed by atoms with Gasteiger partial charge in [-0.05, 0) is 35.7 Å². The standard InChI is InChI=1S/C22H30OSi/c1-18(17-22(5,6)23)24(21(2,3)4,19-13-9-7-10-14-19)20-15-11-8-12-16-20/h7-16,23H,1,17H2,2-6H3. The Bertz CT molecular complexity index is 636. The molecule has 0 spiro atoms. The van der Waals surface area contributed by atoms with Crippen LogP contribution in [-0.2, 0) is 0 Å². The minimum atomic E-state index is -2.32. The van der Waals surface area contributed by atoms with Crippen molar-refractivity contribution >= 4 is 18.4 Å². The third-order valence-electron chi connectivity index (χ3n) is 4.71. The zero-order valence-electron chi connectivity index (χ0n) is 15.6. The fourth-order valence-corrected chi connectivity index (χ4v) is 10.0. The Labute approximate surface area is 148 Å². The van der Waals surface area contributed by atoms with Crippen molar-refractivity contribution in [3.8, 4) is 0 Å². The molecule has 0 aliphatic heterocycles. The summed E-state index contributed by atoms with van der Waals surface area (Å²) in [5.74, 6) is 0. The van der Waals surface area contributed by atoms with Gasteiger partial charge in [0.1, 0.15) is 8.07 Å². The summed E-state index contributed by atoms with van der Waals surface area (Å²) in [6, 6.07) is 21.5. The molecule has 0 bridgehead atoms. The fraction of sp³-hybridized carbons (Fsp3) is 0.364. The van der Waals surface area contributed by atoms with Crippen LogP contribution in [0.2, 0.25) is 5.04 Å². The molecule has 0 radical (unpaired) electrons. The van der Waals surface area contributed by atoms with Crippen molar-refractivity contribution in [3.05, 3.63) is 72.4 Å². The largest absolute Gasteiger partial charge is 0.390 e. The Morgan fingerprint density at radius 3 is 1.50 bits per heavy atom. The van der Waals surface area contributed by atoms with Crippen LogP contribution in [0.5, 0.6) is 0 Å². The van der Waals surface area contributed by atoms with Gasteiger partial charge < -0.3 is 5.11 Å². The summed E-state index contributed by atoms with van der Waals surface area (Å²) in [4.78, 5) is 0. The number of aliphatic hydroxyl groups is 1. The monoisotopic (exact) mass is 338 g/mol. The van der Waals surface area contributed by atoms with E-state index in [-0.39, 0.29) is 5.04 Å². The summed E-state index contributed by atoms with van der Waals surface area (Å²) in [6.07, 6.45) is 0.611. The Morgan fingerprint density at radius 1 is 0.833 bits per heavy atom. The molecule has 0 heterocycles. The van der Waals surface area contributed by atoms with Crippen LogP contribution in [0.4, 0.5) is 0 Å². The van der Waals surface area contributed by atoms with Gasteiger partial charge >= 0.3 is 0 Å². The first kappa shape index (κ1) is 18.7. The average molecular weight is 339 g/mol. The summed E-state index contributed by atoms with van der Waals surface area (Å²) in [5, 5.41) is 14.4. The van der Waals surface area contributed by atoms with Crippen LogP contribution in [0, 0.1) is 0 Å². The maximum Gasteiger partial charge on any atom is 0.149 e. The van der Waals surface area contributed by atoms with Crippen molar-refractivity contribution in [2.24, 2.45) is 0 Å². The van der Waals surface area contributed by atoms with E-state index in [1.54, 1.807) is 0 Å². The number of hydrogen-bond donors (Lipinski definition) is 1. The van der Waals surface area contributed by atoms with Gasteiger partial charge in [-0.1, -0.05) is 86.6 Å². The molecule has 0 saturated heterocycles. The van der Waals surface area contributed by atoms with E-state index >= 15 is 0 Å². The van der Waals surface area contributed by atoms with Crippen molar-refractivity contribution in [1.82, 2.24) is 0 Å². The van der Waals surface area contributed by atoms with Crippen LogP contribution in [0.1, 0.15) is 41.0 Å². The SMILES string of the molecule is C=C(CC(C)(C)O)[Si](c1ccccc1)(c1ccccc1)C(C)(C)C. The first-order valence-corrected chi connectivity index (χ1v) is 10.6. The van der Waals surface area contributed by atoms with E-state index in [1.165, 1.54) is 15.6 Å². The first-order chi connectivity index (χ1) is 11.1. The predicted octanol–water partition coefficient (Wildman–Crippen LogP) is 4.31. The normalized spacial score (nSPS) is 12.9. The van der Waals surface area contributed by atoms with Crippen LogP contribution in [0.3, 0.4) is 0 Å². The predicted molar refractivity (Wildman–Crippen MR) is 108 cm³/mol. The van der Waals surface area contributed by atoms with E-state index in [1.807, 2.05) is 13.8 Å². The van der Waals surface area contributed by atoms with Gasteiger partial charge in [-0.3, -0.25) is 0 Å². The highest BCUT2D eigenvalue weighted by Gasteiger charge is 2.50. The second-order valence-corrected chi connectivity index (χ2v) is 13.2. The van der Waals surface area contributed by atoms with E-state index in [2.05, 4.69) is 88.0 Å². The maximum absolute atomic E-state index is 10.5. The zero-order valence-corrected chi connectivity index (χ0v) is 16.6. The van der Waals surface area contributed by atoms with Crippen molar-refractivity contribution in [3.63, 3.8) is 0 Å². The summed E-state index contributed by atoms with van der Waals surface area (Å²) in [7, 11) is -2.32. The molecule has 128 valence electrons. The molecule has 0 amide bonds. The molecule has 0 fully saturated rings. The molecule has 24 heavy (non-hydrogen) atoms. The molecule has 0 aliphatic carbocycles.